The first-order valence-corrected chi connectivity index (χ1v) is 9.21. The number of nitrogens with one attached hydrogen (secondary N) is 3. The Morgan fingerprint density at radius 3 is 2.74 bits per heavy atom. The van der Waals surface area contributed by atoms with Gasteiger partial charge in [-0.15, -0.1) is 10.2 Å². The summed E-state index contributed by atoms with van der Waals surface area (Å²) in [6.07, 6.45) is 1.27. The third-order valence-electron chi connectivity index (χ3n) is 4.67. The molecule has 3 N–H and O–H groups in total. The minimum atomic E-state index is -0.404. The van der Waals surface area contributed by atoms with Gasteiger partial charge >= 0.3 is 0 Å². The number of hydrogen-bond acceptors (Lipinski definition) is 6. The molecule has 0 bridgehead atoms. The van der Waals surface area contributed by atoms with Crippen molar-refractivity contribution in [3.8, 4) is 0 Å². The van der Waals surface area contributed by atoms with Crippen LogP contribution in [0.25, 0.3) is 0 Å². The third-order valence-corrected chi connectivity index (χ3v) is 4.67. The van der Waals surface area contributed by atoms with E-state index in [1.54, 1.807) is 26.0 Å². The van der Waals surface area contributed by atoms with E-state index in [1.165, 1.54) is 6.07 Å². The molecule has 3 atom stereocenters. The normalized spacial score (nSPS) is 20.8. The Bertz CT molecular complexity index is 807. The summed E-state index contributed by atoms with van der Waals surface area (Å²) >= 11 is 0. The maximum atomic E-state index is 13.5. The SMILES string of the molecule is Cc1nnc(C(CC(C)C)NC(=O)C2CC(c3ccc(F)c(C)c3)NN2)o1. The molecule has 0 aliphatic carbocycles. The van der Waals surface area contributed by atoms with E-state index in [4.69, 9.17) is 4.42 Å². The van der Waals surface area contributed by atoms with Gasteiger partial charge < -0.3 is 9.73 Å². The van der Waals surface area contributed by atoms with Crippen LogP contribution in [0.3, 0.4) is 0 Å². The maximum Gasteiger partial charge on any atom is 0.239 e. The molecule has 7 nitrogen and oxygen atoms in total. The highest BCUT2D eigenvalue weighted by Crippen LogP contribution is 2.25. The predicted octanol–water partition coefficient (Wildman–Crippen LogP) is 2.64. The molecule has 1 aromatic carbocycles. The molecule has 3 rings (SSSR count). The second-order valence-electron chi connectivity index (χ2n) is 7.49. The quantitative estimate of drug-likeness (QED) is 0.719. The van der Waals surface area contributed by atoms with Crippen molar-refractivity contribution in [1.29, 1.82) is 0 Å². The number of amides is 1. The summed E-state index contributed by atoms with van der Waals surface area (Å²) in [7, 11) is 0. The number of nitrogens with zero attached hydrogens (tertiary/aromatic N) is 2. The van der Waals surface area contributed by atoms with Gasteiger partial charge in [-0.1, -0.05) is 26.0 Å². The number of carbonyl (C=O) groups excluding carboxylic acids is 1. The summed E-state index contributed by atoms with van der Waals surface area (Å²) in [5.74, 6) is 0.884. The molecule has 1 fully saturated rings. The van der Waals surface area contributed by atoms with Crippen molar-refractivity contribution < 1.29 is 13.6 Å². The summed E-state index contributed by atoms with van der Waals surface area (Å²) in [5, 5.41) is 10.9. The lowest BCUT2D eigenvalue weighted by molar-refractivity contribution is -0.124. The van der Waals surface area contributed by atoms with Gasteiger partial charge in [0.2, 0.25) is 17.7 Å². The first kappa shape index (κ1) is 19.4. The van der Waals surface area contributed by atoms with Crippen LogP contribution in [0.1, 0.15) is 61.7 Å². The zero-order valence-corrected chi connectivity index (χ0v) is 16.0. The molecule has 1 aromatic heterocycles. The molecule has 27 heavy (non-hydrogen) atoms. The van der Waals surface area contributed by atoms with Crippen LogP contribution >= 0.6 is 0 Å². The largest absolute Gasteiger partial charge is 0.423 e. The van der Waals surface area contributed by atoms with Crippen LogP contribution in [0.4, 0.5) is 4.39 Å². The Hall–Kier alpha value is -2.32. The number of halogens is 1. The minimum absolute atomic E-state index is 0.0609. The molecule has 1 saturated heterocycles. The molecule has 2 aromatic rings. The summed E-state index contributed by atoms with van der Waals surface area (Å²) in [4.78, 5) is 12.8. The molecular formula is C19H26FN5O2. The smallest absolute Gasteiger partial charge is 0.239 e. The average Bonchev–Trinajstić information content (AvgIpc) is 3.25. The van der Waals surface area contributed by atoms with Crippen molar-refractivity contribution in [3.63, 3.8) is 0 Å². The van der Waals surface area contributed by atoms with Crippen LogP contribution in [0.15, 0.2) is 22.6 Å². The van der Waals surface area contributed by atoms with Gasteiger partial charge in [-0.25, -0.2) is 15.2 Å². The maximum absolute atomic E-state index is 13.5. The second-order valence-corrected chi connectivity index (χ2v) is 7.49. The Kier molecular flexibility index (Phi) is 5.86. The average molecular weight is 375 g/mol. The Morgan fingerprint density at radius 1 is 1.33 bits per heavy atom. The van der Waals surface area contributed by atoms with Crippen molar-refractivity contribution in [2.24, 2.45) is 5.92 Å². The van der Waals surface area contributed by atoms with Gasteiger partial charge in [0.25, 0.3) is 0 Å². The topological polar surface area (TPSA) is 92.1 Å². The van der Waals surface area contributed by atoms with Crippen LogP contribution in [0.5, 0.6) is 0 Å². The molecule has 0 spiro atoms. The van der Waals surface area contributed by atoms with E-state index in [-0.39, 0.29) is 23.8 Å². The van der Waals surface area contributed by atoms with E-state index in [0.717, 1.165) is 5.56 Å². The first-order chi connectivity index (χ1) is 12.8. The van der Waals surface area contributed by atoms with Gasteiger partial charge in [0.05, 0.1) is 0 Å². The van der Waals surface area contributed by atoms with Crippen LogP contribution in [-0.2, 0) is 4.79 Å². The van der Waals surface area contributed by atoms with Gasteiger partial charge in [-0.05, 0) is 42.9 Å². The zero-order chi connectivity index (χ0) is 19.6. The highest BCUT2D eigenvalue weighted by atomic mass is 19.1. The summed E-state index contributed by atoms with van der Waals surface area (Å²) in [6, 6.07) is 4.21. The second kappa shape index (κ2) is 8.14. The fourth-order valence-corrected chi connectivity index (χ4v) is 3.25. The molecule has 1 aliphatic rings. The fourth-order valence-electron chi connectivity index (χ4n) is 3.25. The number of hydrogen-bond donors (Lipinski definition) is 3. The fraction of sp³-hybridized carbons (Fsp3) is 0.526. The number of carbonyl (C=O) groups is 1. The molecule has 2 heterocycles. The van der Waals surface area contributed by atoms with Crippen molar-refractivity contribution in [2.45, 2.75) is 58.7 Å². The van der Waals surface area contributed by atoms with Crippen LogP contribution in [-0.4, -0.2) is 22.1 Å². The van der Waals surface area contributed by atoms with Gasteiger partial charge in [-0.2, -0.15) is 0 Å². The molecule has 1 aliphatic heterocycles. The number of aromatic nitrogens is 2. The molecule has 0 saturated carbocycles. The van der Waals surface area contributed by atoms with Crippen molar-refractivity contribution in [3.05, 3.63) is 46.9 Å². The van der Waals surface area contributed by atoms with E-state index in [0.29, 0.717) is 36.1 Å². The lowest BCUT2D eigenvalue weighted by Crippen LogP contribution is -2.44. The van der Waals surface area contributed by atoms with Gasteiger partial charge in [0, 0.05) is 13.0 Å². The first-order valence-electron chi connectivity index (χ1n) is 9.21. The number of aryl methyl sites for hydroxylation is 2. The van der Waals surface area contributed by atoms with Gasteiger partial charge in [0.15, 0.2) is 0 Å². The van der Waals surface area contributed by atoms with Crippen LogP contribution in [0.2, 0.25) is 0 Å². The van der Waals surface area contributed by atoms with Crippen molar-refractivity contribution in [2.75, 3.05) is 0 Å². The standard InChI is InChI=1S/C19H26FN5O2/c1-10(2)7-17(19-25-22-12(4)27-19)21-18(26)16-9-15(23-24-16)13-5-6-14(20)11(3)8-13/h5-6,8,10,15-17,23-24H,7,9H2,1-4H3,(H,21,26). The molecule has 146 valence electrons. The summed E-state index contributed by atoms with van der Waals surface area (Å²) in [5.41, 5.74) is 7.69. The highest BCUT2D eigenvalue weighted by molar-refractivity contribution is 5.82. The van der Waals surface area contributed by atoms with Crippen molar-refractivity contribution in [1.82, 2.24) is 26.4 Å². The number of hydrazine groups is 1. The summed E-state index contributed by atoms with van der Waals surface area (Å²) in [6.45, 7) is 7.60. The van der Waals surface area contributed by atoms with E-state index in [2.05, 4.69) is 40.2 Å². The monoisotopic (exact) mass is 375 g/mol. The summed E-state index contributed by atoms with van der Waals surface area (Å²) < 4.78 is 19.0. The highest BCUT2D eigenvalue weighted by Gasteiger charge is 2.32. The molecule has 1 amide bonds. The predicted molar refractivity (Wildman–Crippen MR) is 97.9 cm³/mol. The molecule has 8 heteroatoms. The van der Waals surface area contributed by atoms with E-state index in [1.807, 2.05) is 0 Å². The molecule has 0 radical (unpaired) electrons. The third kappa shape index (κ3) is 4.70. The molecular weight excluding hydrogens is 349 g/mol. The number of benzene rings is 1. The molecule has 3 unspecified atom stereocenters. The Balaban J connectivity index is 1.65. The van der Waals surface area contributed by atoms with Crippen LogP contribution in [0, 0.1) is 25.6 Å². The van der Waals surface area contributed by atoms with Crippen molar-refractivity contribution >= 4 is 5.91 Å². The van der Waals surface area contributed by atoms with Crippen LogP contribution < -0.4 is 16.2 Å². The van der Waals surface area contributed by atoms with E-state index >= 15 is 0 Å². The lowest BCUT2D eigenvalue weighted by atomic mass is 9.99. The number of rotatable bonds is 6. The van der Waals surface area contributed by atoms with Gasteiger partial charge in [0.1, 0.15) is 17.9 Å². The minimum Gasteiger partial charge on any atom is -0.423 e. The zero-order valence-electron chi connectivity index (χ0n) is 16.0. The Labute approximate surface area is 158 Å². The van der Waals surface area contributed by atoms with Gasteiger partial charge in [-0.3, -0.25) is 4.79 Å². The Morgan fingerprint density at radius 2 is 2.11 bits per heavy atom. The van der Waals surface area contributed by atoms with E-state index in [9.17, 15) is 9.18 Å². The van der Waals surface area contributed by atoms with E-state index < -0.39 is 6.04 Å². The lowest BCUT2D eigenvalue weighted by Gasteiger charge is -2.19.